The molecular weight excluding hydrogens is 606 g/mol. The topological polar surface area (TPSA) is 131 Å². The number of hydrogen-bond donors (Lipinski definition) is 2. The Hall–Kier alpha value is -3.06. The lowest BCUT2D eigenvalue weighted by Gasteiger charge is -2.19. The number of sulfonamides is 1. The van der Waals surface area contributed by atoms with Crippen molar-refractivity contribution in [3.63, 3.8) is 0 Å². The van der Waals surface area contributed by atoms with Gasteiger partial charge in [-0.05, 0) is 90.1 Å². The average Bonchev–Trinajstić information content (AvgIpc) is 2.85. The summed E-state index contributed by atoms with van der Waals surface area (Å²) in [5.74, 6) is -0.497. The van der Waals surface area contributed by atoms with Crippen LogP contribution in [0, 0.1) is 19.8 Å². The van der Waals surface area contributed by atoms with Crippen LogP contribution in [0.3, 0.4) is 0 Å². The molecule has 0 unspecified atom stereocenters. The molecule has 1 amide bonds. The maximum Gasteiger partial charge on any atom is 0.339 e. The van der Waals surface area contributed by atoms with E-state index in [9.17, 15) is 21.6 Å². The standard InChI is InChI=1S/C27H30BrN3O6S2/c1-18(2)15-25(31-38(33,34)22-10-5-19(3)6-11-22)27(32)30-29-17-21-9-14-26(24(28)16-21)37-39(35,36)23-12-7-20(4)8-13-23/h5-14,16-18,25,31H,15H2,1-4H3,(H,30,32)/b29-17-/t25-/m0/s1. The van der Waals surface area contributed by atoms with Crippen LogP contribution < -0.4 is 14.3 Å². The van der Waals surface area contributed by atoms with Crippen LogP contribution in [0.1, 0.15) is 37.0 Å². The Bertz CT molecular complexity index is 1550. The quantitative estimate of drug-likeness (QED) is 0.179. The van der Waals surface area contributed by atoms with Crippen molar-refractivity contribution in [3.05, 3.63) is 87.9 Å². The molecule has 3 aromatic rings. The number of carbonyl (C=O) groups excluding carboxylic acids is 1. The number of hydrazone groups is 1. The molecule has 208 valence electrons. The Morgan fingerprint density at radius 2 is 1.49 bits per heavy atom. The van der Waals surface area contributed by atoms with Gasteiger partial charge in [0.25, 0.3) is 5.91 Å². The first-order valence-corrected chi connectivity index (χ1v) is 15.7. The van der Waals surface area contributed by atoms with Crippen LogP contribution in [0.2, 0.25) is 0 Å². The van der Waals surface area contributed by atoms with Gasteiger partial charge in [-0.1, -0.05) is 49.2 Å². The van der Waals surface area contributed by atoms with E-state index in [-0.39, 0.29) is 27.9 Å². The van der Waals surface area contributed by atoms with Crippen molar-refractivity contribution in [1.29, 1.82) is 0 Å². The van der Waals surface area contributed by atoms with E-state index in [0.717, 1.165) is 11.1 Å². The molecule has 0 aliphatic rings. The molecule has 3 aromatic carbocycles. The van der Waals surface area contributed by atoms with Crippen molar-refractivity contribution in [2.24, 2.45) is 11.0 Å². The van der Waals surface area contributed by atoms with Gasteiger partial charge in [-0.25, -0.2) is 13.8 Å². The van der Waals surface area contributed by atoms with Gasteiger partial charge < -0.3 is 4.18 Å². The van der Waals surface area contributed by atoms with Crippen LogP contribution in [0.25, 0.3) is 0 Å². The van der Waals surface area contributed by atoms with E-state index in [1.54, 1.807) is 36.4 Å². The molecule has 0 heterocycles. The molecule has 3 rings (SSSR count). The van der Waals surface area contributed by atoms with Crippen LogP contribution in [0.4, 0.5) is 0 Å². The second-order valence-electron chi connectivity index (χ2n) is 9.39. The zero-order chi connectivity index (χ0) is 28.8. The summed E-state index contributed by atoms with van der Waals surface area (Å²) < 4.78 is 58.9. The van der Waals surface area contributed by atoms with Crippen LogP contribution in [-0.2, 0) is 24.9 Å². The molecular formula is C27H30BrN3O6S2. The van der Waals surface area contributed by atoms with Gasteiger partial charge in [0.1, 0.15) is 10.9 Å². The number of halogens is 1. The minimum atomic E-state index is -4.03. The smallest absolute Gasteiger partial charge is 0.339 e. The van der Waals surface area contributed by atoms with Crippen LogP contribution in [0.5, 0.6) is 5.75 Å². The lowest BCUT2D eigenvalue weighted by Crippen LogP contribution is -2.46. The SMILES string of the molecule is Cc1ccc(S(=O)(=O)N[C@@H](CC(C)C)C(=O)N/N=C\c2ccc(OS(=O)(=O)c3ccc(C)cc3)c(Br)c2)cc1. The molecule has 1 atom stereocenters. The zero-order valence-corrected chi connectivity index (χ0v) is 25.1. The van der Waals surface area contributed by atoms with E-state index in [1.165, 1.54) is 36.5 Å². The number of rotatable bonds is 11. The van der Waals surface area contributed by atoms with E-state index in [2.05, 4.69) is 31.2 Å². The molecule has 0 radical (unpaired) electrons. The fraction of sp³-hybridized carbons (Fsp3) is 0.259. The molecule has 2 N–H and O–H groups in total. The van der Waals surface area contributed by atoms with Crippen molar-refractivity contribution < 1.29 is 25.8 Å². The van der Waals surface area contributed by atoms with E-state index in [0.29, 0.717) is 10.0 Å². The van der Waals surface area contributed by atoms with E-state index < -0.39 is 32.1 Å². The molecule has 0 spiro atoms. The highest BCUT2D eigenvalue weighted by molar-refractivity contribution is 9.10. The summed E-state index contributed by atoms with van der Waals surface area (Å²) in [5, 5.41) is 3.95. The van der Waals surface area contributed by atoms with Gasteiger partial charge >= 0.3 is 10.1 Å². The molecule has 12 heteroatoms. The Morgan fingerprint density at radius 1 is 0.923 bits per heavy atom. The first kappa shape index (κ1) is 30.5. The van der Waals surface area contributed by atoms with Crippen molar-refractivity contribution in [2.45, 2.75) is 49.9 Å². The van der Waals surface area contributed by atoms with Gasteiger partial charge in [-0.2, -0.15) is 18.2 Å². The van der Waals surface area contributed by atoms with Gasteiger partial charge in [0.2, 0.25) is 10.0 Å². The van der Waals surface area contributed by atoms with Crippen LogP contribution in [-0.4, -0.2) is 35.0 Å². The van der Waals surface area contributed by atoms with Crippen molar-refractivity contribution in [3.8, 4) is 5.75 Å². The molecule has 0 saturated carbocycles. The molecule has 0 bridgehead atoms. The maximum atomic E-state index is 12.8. The fourth-order valence-corrected chi connectivity index (χ4v) is 6.18. The highest BCUT2D eigenvalue weighted by atomic mass is 79.9. The predicted molar refractivity (Wildman–Crippen MR) is 154 cm³/mol. The highest BCUT2D eigenvalue weighted by Gasteiger charge is 2.26. The minimum absolute atomic E-state index is 0.0299. The van der Waals surface area contributed by atoms with Gasteiger partial charge in [-0.15, -0.1) is 0 Å². The minimum Gasteiger partial charge on any atom is -0.378 e. The first-order valence-electron chi connectivity index (χ1n) is 12.0. The zero-order valence-electron chi connectivity index (χ0n) is 21.9. The number of aryl methyl sites for hydroxylation is 2. The monoisotopic (exact) mass is 635 g/mol. The van der Waals surface area contributed by atoms with Crippen molar-refractivity contribution in [1.82, 2.24) is 10.1 Å². The van der Waals surface area contributed by atoms with Gasteiger partial charge in [-0.3, -0.25) is 4.79 Å². The molecule has 0 aromatic heterocycles. The lowest BCUT2D eigenvalue weighted by atomic mass is 10.0. The van der Waals surface area contributed by atoms with Crippen molar-refractivity contribution in [2.75, 3.05) is 0 Å². The Balaban J connectivity index is 1.68. The van der Waals surface area contributed by atoms with Gasteiger partial charge in [0.05, 0.1) is 15.6 Å². The summed E-state index contributed by atoms with van der Waals surface area (Å²) in [6.45, 7) is 7.46. The molecule has 39 heavy (non-hydrogen) atoms. The second kappa shape index (κ2) is 12.9. The molecule has 0 aliphatic carbocycles. The Labute approximate surface area is 238 Å². The third kappa shape index (κ3) is 8.72. The third-order valence-electron chi connectivity index (χ3n) is 5.51. The Kier molecular flexibility index (Phi) is 10.1. The highest BCUT2D eigenvalue weighted by Crippen LogP contribution is 2.28. The van der Waals surface area contributed by atoms with E-state index in [1.807, 2.05) is 27.7 Å². The van der Waals surface area contributed by atoms with Crippen LogP contribution >= 0.6 is 15.9 Å². The van der Waals surface area contributed by atoms with E-state index >= 15 is 0 Å². The number of carbonyl (C=O) groups is 1. The summed E-state index contributed by atoms with van der Waals surface area (Å²) in [6, 6.07) is 16.2. The summed E-state index contributed by atoms with van der Waals surface area (Å²) in [7, 11) is -7.95. The number of benzene rings is 3. The Morgan fingerprint density at radius 3 is 2.03 bits per heavy atom. The molecule has 0 fully saturated rings. The lowest BCUT2D eigenvalue weighted by molar-refractivity contribution is -0.123. The third-order valence-corrected chi connectivity index (χ3v) is 8.86. The van der Waals surface area contributed by atoms with Crippen molar-refractivity contribution >= 4 is 48.2 Å². The maximum absolute atomic E-state index is 12.8. The summed E-state index contributed by atoms with van der Waals surface area (Å²) >= 11 is 3.30. The van der Waals surface area contributed by atoms with Crippen LogP contribution in [0.15, 0.2) is 86.1 Å². The molecule has 0 saturated heterocycles. The fourth-order valence-electron chi connectivity index (χ4n) is 3.44. The number of amides is 1. The van der Waals surface area contributed by atoms with Gasteiger partial charge in [0.15, 0.2) is 5.75 Å². The summed E-state index contributed by atoms with van der Waals surface area (Å²) in [6.07, 6.45) is 1.61. The first-order chi connectivity index (χ1) is 18.3. The normalized spacial score (nSPS) is 13.0. The summed E-state index contributed by atoms with van der Waals surface area (Å²) in [4.78, 5) is 12.9. The number of nitrogens with one attached hydrogen (secondary N) is 2. The summed E-state index contributed by atoms with van der Waals surface area (Å²) in [5.41, 5.74) is 4.75. The van der Waals surface area contributed by atoms with E-state index in [4.69, 9.17) is 4.18 Å². The molecule has 9 nitrogen and oxygen atoms in total. The molecule has 0 aliphatic heterocycles. The predicted octanol–water partition coefficient (Wildman–Crippen LogP) is 4.68. The second-order valence-corrected chi connectivity index (χ2v) is 13.5. The largest absolute Gasteiger partial charge is 0.378 e. The average molecular weight is 637 g/mol. The van der Waals surface area contributed by atoms with Gasteiger partial charge in [0, 0.05) is 0 Å². The number of nitrogens with zero attached hydrogens (tertiary/aromatic N) is 1. The number of hydrogen-bond acceptors (Lipinski definition) is 7.